The Morgan fingerprint density at radius 2 is 1.50 bits per heavy atom. The first kappa shape index (κ1) is 29.5. The Hall–Kier alpha value is -2.04. The number of unbranched alkanes of at least 4 members (excludes halogenated alkanes) is 1. The molecular weight excluding hydrogens is 542 g/mol. The van der Waals surface area contributed by atoms with Crippen LogP contribution < -0.4 is 0 Å². The highest BCUT2D eigenvalue weighted by Crippen LogP contribution is 2.69. The summed E-state index contributed by atoms with van der Waals surface area (Å²) in [6.45, 7) is 4.89. The molecule has 3 unspecified atom stereocenters. The number of hydrogen-bond donors (Lipinski definition) is 0. The molecule has 40 heavy (non-hydrogen) atoms. The van der Waals surface area contributed by atoms with Gasteiger partial charge >= 0.3 is 15.2 Å². The number of benzene rings is 2. The van der Waals surface area contributed by atoms with Gasteiger partial charge in [0.1, 0.15) is 11.3 Å². The minimum Gasteiger partial charge on any atom is -0.308 e. The summed E-state index contributed by atoms with van der Waals surface area (Å²) >= 11 is 0. The van der Waals surface area contributed by atoms with E-state index in [1.54, 1.807) is 0 Å². The van der Waals surface area contributed by atoms with Gasteiger partial charge in [0, 0.05) is 5.41 Å². The molecule has 0 aromatic heterocycles. The molecule has 2 saturated heterocycles. The lowest BCUT2D eigenvalue weighted by atomic mass is 9.88. The minimum atomic E-state index is -3.59. The zero-order chi connectivity index (χ0) is 28.1. The van der Waals surface area contributed by atoms with Gasteiger partial charge in [-0.25, -0.2) is 0 Å². The first-order valence-electron chi connectivity index (χ1n) is 14.3. The van der Waals surface area contributed by atoms with Crippen LogP contribution in [0.15, 0.2) is 96.1 Å². The lowest BCUT2D eigenvalue weighted by Gasteiger charge is -2.41. The van der Waals surface area contributed by atoms with Gasteiger partial charge in [0.25, 0.3) is 0 Å². The van der Waals surface area contributed by atoms with Gasteiger partial charge in [-0.05, 0) is 49.3 Å². The van der Waals surface area contributed by atoms with Crippen molar-refractivity contribution in [3.05, 3.63) is 107 Å². The molecular formula is C32H40O6P2. The van der Waals surface area contributed by atoms with E-state index in [2.05, 4.69) is 25.2 Å². The molecule has 8 heteroatoms. The fraction of sp³-hybridized carbons (Fsp3) is 0.438. The third kappa shape index (κ3) is 6.39. The molecule has 0 amide bonds. The molecule has 0 saturated carbocycles. The Balaban J connectivity index is 1.36. The summed E-state index contributed by atoms with van der Waals surface area (Å²) in [5.74, 6) is 0. The topological polar surface area (TPSA) is 71.1 Å². The Labute approximate surface area is 238 Å². The Bertz CT molecular complexity index is 1320. The highest BCUT2D eigenvalue weighted by Gasteiger charge is 2.51. The fourth-order valence-electron chi connectivity index (χ4n) is 5.63. The number of allylic oxidation sites excluding steroid dienone is 6. The Morgan fingerprint density at radius 3 is 2.10 bits per heavy atom. The molecule has 3 aliphatic rings. The van der Waals surface area contributed by atoms with Crippen LogP contribution in [-0.4, -0.2) is 26.4 Å². The van der Waals surface area contributed by atoms with E-state index in [-0.39, 0.29) is 26.4 Å². The van der Waals surface area contributed by atoms with Crippen LogP contribution in [0.4, 0.5) is 0 Å². The van der Waals surface area contributed by atoms with E-state index in [0.717, 1.165) is 48.0 Å². The van der Waals surface area contributed by atoms with E-state index in [4.69, 9.17) is 18.1 Å². The largest absolute Gasteiger partial charge is 0.342 e. The zero-order valence-electron chi connectivity index (χ0n) is 23.4. The maximum Gasteiger partial charge on any atom is 0.342 e. The smallest absolute Gasteiger partial charge is 0.308 e. The average Bonchev–Trinajstić information content (AvgIpc) is 3.15. The van der Waals surface area contributed by atoms with E-state index in [1.165, 1.54) is 0 Å². The maximum absolute atomic E-state index is 14.4. The summed E-state index contributed by atoms with van der Waals surface area (Å²) in [4.78, 5) is 0. The Morgan fingerprint density at radius 1 is 0.875 bits per heavy atom. The predicted molar refractivity (Wildman–Crippen MR) is 160 cm³/mol. The van der Waals surface area contributed by atoms with E-state index >= 15 is 0 Å². The van der Waals surface area contributed by atoms with Gasteiger partial charge in [0.2, 0.25) is 0 Å². The molecule has 6 nitrogen and oxygen atoms in total. The maximum atomic E-state index is 14.4. The van der Waals surface area contributed by atoms with E-state index in [9.17, 15) is 9.13 Å². The minimum absolute atomic E-state index is 0.144. The first-order valence-corrected chi connectivity index (χ1v) is 17.5. The molecule has 2 aromatic carbocycles. The van der Waals surface area contributed by atoms with Gasteiger partial charge in [-0.15, -0.1) is 0 Å². The lowest BCUT2D eigenvalue weighted by Crippen LogP contribution is -2.40. The molecule has 3 atom stereocenters. The van der Waals surface area contributed by atoms with Crippen molar-refractivity contribution in [2.24, 2.45) is 5.41 Å². The monoisotopic (exact) mass is 582 g/mol. The van der Waals surface area contributed by atoms with Crippen LogP contribution in [0.3, 0.4) is 0 Å². The molecule has 5 rings (SSSR count). The van der Waals surface area contributed by atoms with Crippen molar-refractivity contribution in [1.29, 1.82) is 0 Å². The molecule has 1 aliphatic carbocycles. The first-order chi connectivity index (χ1) is 19.4. The average molecular weight is 583 g/mol. The standard InChI is InChI=1S/C32H40O6P2/c1-3-4-14-26(2)30(27-15-8-5-9-16-27)39(33)36-23-32(24-37-39)21-22-35-40(34,38-25-32)31(28-17-10-6-11-18-28)29-19-12-7-13-20-29/h5-6,8-12,14-20,30-31H,3-4,7,13,21-25H2,1-2H3/b26-14+. The van der Waals surface area contributed by atoms with Crippen molar-refractivity contribution in [2.45, 2.75) is 57.3 Å². The summed E-state index contributed by atoms with van der Waals surface area (Å²) in [6, 6.07) is 19.6. The molecule has 214 valence electrons. The van der Waals surface area contributed by atoms with Crippen LogP contribution in [0, 0.1) is 5.41 Å². The highest BCUT2D eigenvalue weighted by molar-refractivity contribution is 7.55. The van der Waals surface area contributed by atoms with Gasteiger partial charge in [-0.3, -0.25) is 9.13 Å². The van der Waals surface area contributed by atoms with Crippen LogP contribution in [0.25, 0.3) is 0 Å². The van der Waals surface area contributed by atoms with Gasteiger partial charge in [0.15, 0.2) is 0 Å². The van der Waals surface area contributed by atoms with Crippen LogP contribution in [0.1, 0.15) is 68.4 Å². The second kappa shape index (κ2) is 12.9. The van der Waals surface area contributed by atoms with E-state index in [1.807, 2.05) is 73.7 Å². The van der Waals surface area contributed by atoms with Crippen LogP contribution in [-0.2, 0) is 27.2 Å². The van der Waals surface area contributed by atoms with Gasteiger partial charge in [-0.2, -0.15) is 0 Å². The third-order valence-electron chi connectivity index (χ3n) is 7.94. The zero-order valence-corrected chi connectivity index (χ0v) is 25.2. The summed E-state index contributed by atoms with van der Waals surface area (Å²) in [5, 5.41) is 0. The molecule has 0 N–H and O–H groups in total. The lowest BCUT2D eigenvalue weighted by molar-refractivity contribution is -0.0157. The third-order valence-corrected chi connectivity index (χ3v) is 12.5. The molecule has 2 fully saturated rings. The van der Waals surface area contributed by atoms with Crippen LogP contribution >= 0.6 is 15.2 Å². The fourth-order valence-corrected chi connectivity index (χ4v) is 10.3. The van der Waals surface area contributed by atoms with Crippen molar-refractivity contribution in [3.8, 4) is 0 Å². The van der Waals surface area contributed by atoms with Crippen molar-refractivity contribution < 1.29 is 27.2 Å². The van der Waals surface area contributed by atoms with Gasteiger partial charge < -0.3 is 18.1 Å². The summed E-state index contributed by atoms with van der Waals surface area (Å²) in [5.41, 5.74) is 2.18. The summed E-state index contributed by atoms with van der Waals surface area (Å²) in [7, 11) is -7.11. The molecule has 2 aliphatic heterocycles. The van der Waals surface area contributed by atoms with E-state index in [0.29, 0.717) is 6.42 Å². The molecule has 2 aromatic rings. The number of rotatable bonds is 8. The summed E-state index contributed by atoms with van der Waals surface area (Å²) in [6.07, 6.45) is 12.7. The van der Waals surface area contributed by atoms with Crippen LogP contribution in [0.5, 0.6) is 0 Å². The van der Waals surface area contributed by atoms with Crippen molar-refractivity contribution in [3.63, 3.8) is 0 Å². The van der Waals surface area contributed by atoms with Gasteiger partial charge in [0.05, 0.1) is 26.4 Å². The number of hydrogen-bond acceptors (Lipinski definition) is 6. The van der Waals surface area contributed by atoms with E-state index < -0.39 is 31.9 Å². The highest BCUT2D eigenvalue weighted by atomic mass is 31.2. The van der Waals surface area contributed by atoms with Crippen molar-refractivity contribution >= 4 is 15.2 Å². The summed E-state index contributed by atoms with van der Waals surface area (Å²) < 4.78 is 53.5. The predicted octanol–water partition coefficient (Wildman–Crippen LogP) is 9.35. The van der Waals surface area contributed by atoms with Crippen molar-refractivity contribution in [2.75, 3.05) is 26.4 Å². The van der Waals surface area contributed by atoms with Crippen LogP contribution in [0.2, 0.25) is 0 Å². The Kier molecular flexibility index (Phi) is 9.47. The van der Waals surface area contributed by atoms with Gasteiger partial charge in [-0.1, -0.05) is 104 Å². The molecule has 0 bridgehead atoms. The normalized spacial score (nSPS) is 30.9. The quantitative estimate of drug-likeness (QED) is 0.228. The SMILES string of the molecule is CCC/C=C(\C)C(c1ccccc1)P1(=O)OCC2(CCOP(=O)(C(C3=CCCC=C3)c3ccccc3)OC2)CO1. The second-order valence-corrected chi connectivity index (χ2v) is 15.3. The second-order valence-electron chi connectivity index (χ2n) is 11.0. The van der Waals surface area contributed by atoms with Crippen molar-refractivity contribution in [1.82, 2.24) is 0 Å². The molecule has 1 spiro atoms. The molecule has 2 heterocycles. The molecule has 0 radical (unpaired) electrons.